The second-order valence-electron chi connectivity index (χ2n) is 4.76. The molecule has 0 heterocycles. The van der Waals surface area contributed by atoms with Crippen molar-refractivity contribution in [3.05, 3.63) is 35.9 Å². The number of hydrogen-bond donors (Lipinski definition) is 1. The van der Waals surface area contributed by atoms with Gasteiger partial charge in [-0.3, -0.25) is 9.59 Å². The fraction of sp³-hybridized carbons (Fsp3) is 0.429. The Bertz CT molecular complexity index is 430. The first-order valence-corrected chi connectivity index (χ1v) is 6.20. The number of rotatable bonds is 6. The number of hydrogen-bond acceptors (Lipinski definition) is 2. The Hall–Kier alpha value is -1.35. The maximum Gasteiger partial charge on any atom is 0.311 e. The summed E-state index contributed by atoms with van der Waals surface area (Å²) in [6, 6.07) is 9.30. The average molecular weight is 269 g/mol. The van der Waals surface area contributed by atoms with Crippen molar-refractivity contribution in [3.63, 3.8) is 0 Å². The summed E-state index contributed by atoms with van der Waals surface area (Å²) in [6.07, 6.45) is 0.377. The number of aliphatic carboxylic acids is 1. The molecule has 0 aliphatic carbocycles. The van der Waals surface area contributed by atoms with E-state index in [1.807, 2.05) is 30.3 Å². The third kappa shape index (κ3) is 3.57. The van der Waals surface area contributed by atoms with Crippen LogP contribution >= 0.6 is 11.6 Å². The Balaban J connectivity index is 2.93. The van der Waals surface area contributed by atoms with Crippen LogP contribution in [0.25, 0.3) is 0 Å². The predicted molar refractivity (Wildman–Crippen MR) is 70.8 cm³/mol. The molecule has 98 valence electrons. The first-order valence-electron chi connectivity index (χ1n) is 5.77. The molecule has 0 aliphatic rings. The lowest BCUT2D eigenvalue weighted by molar-refractivity contribution is -0.148. The molecule has 0 saturated carbocycles. The van der Waals surface area contributed by atoms with Crippen molar-refractivity contribution in [3.8, 4) is 0 Å². The van der Waals surface area contributed by atoms with Crippen molar-refractivity contribution in [1.29, 1.82) is 0 Å². The maximum atomic E-state index is 11.5. The molecule has 3 nitrogen and oxygen atoms in total. The van der Waals surface area contributed by atoms with E-state index in [0.717, 1.165) is 5.56 Å². The molecule has 0 fully saturated rings. The van der Waals surface area contributed by atoms with Crippen molar-refractivity contribution in [2.75, 3.05) is 0 Å². The quantitative estimate of drug-likeness (QED) is 0.807. The fourth-order valence-corrected chi connectivity index (χ4v) is 2.21. The largest absolute Gasteiger partial charge is 0.481 e. The van der Waals surface area contributed by atoms with Crippen LogP contribution in [-0.4, -0.2) is 22.2 Å². The van der Waals surface area contributed by atoms with Gasteiger partial charge in [0, 0.05) is 6.42 Å². The average Bonchev–Trinajstić information content (AvgIpc) is 2.28. The van der Waals surface area contributed by atoms with Crippen LogP contribution in [0.1, 0.15) is 25.8 Å². The molecule has 0 spiro atoms. The summed E-state index contributed by atoms with van der Waals surface area (Å²) in [6.45, 7) is 3.00. The fourth-order valence-electron chi connectivity index (χ4n) is 1.82. The number of carbonyl (C=O) groups is 2. The van der Waals surface area contributed by atoms with Gasteiger partial charge in [-0.1, -0.05) is 30.3 Å². The first-order chi connectivity index (χ1) is 8.36. The smallest absolute Gasteiger partial charge is 0.311 e. The summed E-state index contributed by atoms with van der Waals surface area (Å²) in [7, 11) is 0. The predicted octanol–water partition coefficient (Wildman–Crippen LogP) is 2.91. The van der Waals surface area contributed by atoms with Crippen molar-refractivity contribution in [1.82, 2.24) is 0 Å². The Morgan fingerprint density at radius 3 is 2.33 bits per heavy atom. The highest BCUT2D eigenvalue weighted by Crippen LogP contribution is 2.33. The molecule has 0 aromatic heterocycles. The number of Topliss-reactive ketones (excluding diaryl/α,β-unsaturated/α-hetero) is 1. The van der Waals surface area contributed by atoms with Gasteiger partial charge in [-0.2, -0.15) is 0 Å². The minimum Gasteiger partial charge on any atom is -0.481 e. The number of alkyl halides is 1. The highest BCUT2D eigenvalue weighted by atomic mass is 35.5. The summed E-state index contributed by atoms with van der Waals surface area (Å²) < 4.78 is 0. The lowest BCUT2D eigenvalue weighted by Gasteiger charge is -2.29. The van der Waals surface area contributed by atoms with Crippen molar-refractivity contribution < 1.29 is 14.7 Å². The van der Waals surface area contributed by atoms with E-state index in [4.69, 9.17) is 11.6 Å². The third-order valence-electron chi connectivity index (χ3n) is 3.06. The Morgan fingerprint density at radius 1 is 1.33 bits per heavy atom. The van der Waals surface area contributed by atoms with E-state index < -0.39 is 16.8 Å². The van der Waals surface area contributed by atoms with Crippen LogP contribution in [0, 0.1) is 5.41 Å². The minimum absolute atomic E-state index is 0.0667. The molecule has 1 rings (SSSR count). The van der Waals surface area contributed by atoms with Gasteiger partial charge in [0.2, 0.25) is 0 Å². The third-order valence-corrected chi connectivity index (χ3v) is 3.70. The van der Waals surface area contributed by atoms with Gasteiger partial charge in [0.25, 0.3) is 0 Å². The summed E-state index contributed by atoms with van der Waals surface area (Å²) >= 11 is 6.13. The number of carboxylic acid groups (broad SMARTS) is 1. The zero-order valence-electron chi connectivity index (χ0n) is 10.5. The number of benzene rings is 1. The standard InChI is InChI=1S/C14H17ClO3/c1-10(16)8-12(15)14(2,13(17)18)9-11-6-4-3-5-7-11/h3-7,12H,8-9H2,1-2H3,(H,17,18). The Morgan fingerprint density at radius 2 is 1.89 bits per heavy atom. The molecule has 1 aromatic carbocycles. The van der Waals surface area contributed by atoms with E-state index in [1.165, 1.54) is 6.92 Å². The number of carbonyl (C=O) groups excluding carboxylic acids is 1. The van der Waals surface area contributed by atoms with Gasteiger partial charge in [-0.15, -0.1) is 11.6 Å². The molecule has 1 N–H and O–H groups in total. The van der Waals surface area contributed by atoms with Crippen LogP contribution in [0.4, 0.5) is 0 Å². The molecule has 1 aromatic rings. The lowest BCUT2D eigenvalue weighted by atomic mass is 9.78. The SMILES string of the molecule is CC(=O)CC(Cl)C(C)(Cc1ccccc1)C(=O)O. The Labute approximate surface area is 112 Å². The Kier molecular flexibility index (Phi) is 4.91. The molecular formula is C14H17ClO3. The zero-order chi connectivity index (χ0) is 13.8. The lowest BCUT2D eigenvalue weighted by Crippen LogP contribution is -2.39. The van der Waals surface area contributed by atoms with Gasteiger partial charge >= 0.3 is 5.97 Å². The van der Waals surface area contributed by atoms with E-state index in [2.05, 4.69) is 0 Å². The minimum atomic E-state index is -1.14. The van der Waals surface area contributed by atoms with Crippen LogP contribution in [0.3, 0.4) is 0 Å². The molecule has 0 bridgehead atoms. The number of ketones is 1. The van der Waals surface area contributed by atoms with E-state index >= 15 is 0 Å². The van der Waals surface area contributed by atoms with Gasteiger partial charge in [0.15, 0.2) is 0 Å². The highest BCUT2D eigenvalue weighted by Gasteiger charge is 2.41. The van der Waals surface area contributed by atoms with Crippen LogP contribution in [0.5, 0.6) is 0 Å². The van der Waals surface area contributed by atoms with E-state index in [-0.39, 0.29) is 12.2 Å². The van der Waals surface area contributed by atoms with Gasteiger partial charge < -0.3 is 5.11 Å². The van der Waals surface area contributed by atoms with Gasteiger partial charge in [0.1, 0.15) is 5.78 Å². The molecular weight excluding hydrogens is 252 g/mol. The van der Waals surface area contributed by atoms with Gasteiger partial charge in [-0.25, -0.2) is 0 Å². The van der Waals surface area contributed by atoms with Crippen molar-refractivity contribution >= 4 is 23.4 Å². The van der Waals surface area contributed by atoms with Crippen LogP contribution in [0.15, 0.2) is 30.3 Å². The molecule has 18 heavy (non-hydrogen) atoms. The van der Waals surface area contributed by atoms with Crippen molar-refractivity contribution in [2.24, 2.45) is 5.41 Å². The van der Waals surface area contributed by atoms with E-state index in [0.29, 0.717) is 6.42 Å². The molecule has 0 aliphatic heterocycles. The summed E-state index contributed by atoms with van der Waals surface area (Å²) in [5, 5.41) is 8.67. The van der Waals surface area contributed by atoms with Gasteiger partial charge in [0.05, 0.1) is 10.8 Å². The summed E-state index contributed by atoms with van der Waals surface area (Å²) in [5.41, 5.74) is -0.245. The van der Waals surface area contributed by atoms with E-state index in [1.54, 1.807) is 6.92 Å². The normalized spacial score (nSPS) is 15.7. The van der Waals surface area contributed by atoms with E-state index in [9.17, 15) is 14.7 Å². The molecule has 0 amide bonds. The highest BCUT2D eigenvalue weighted by molar-refractivity contribution is 6.23. The molecule has 2 atom stereocenters. The molecule has 4 heteroatoms. The number of halogens is 1. The van der Waals surface area contributed by atoms with Crippen LogP contribution < -0.4 is 0 Å². The summed E-state index contributed by atoms with van der Waals surface area (Å²) in [4.78, 5) is 22.6. The first kappa shape index (κ1) is 14.7. The maximum absolute atomic E-state index is 11.5. The second kappa shape index (κ2) is 6.01. The topological polar surface area (TPSA) is 54.4 Å². The summed E-state index contributed by atoms with van der Waals surface area (Å²) in [5.74, 6) is -1.08. The molecule has 0 saturated heterocycles. The van der Waals surface area contributed by atoms with Gasteiger partial charge in [-0.05, 0) is 25.8 Å². The van der Waals surface area contributed by atoms with Crippen LogP contribution in [-0.2, 0) is 16.0 Å². The van der Waals surface area contributed by atoms with Crippen LogP contribution in [0.2, 0.25) is 0 Å². The zero-order valence-corrected chi connectivity index (χ0v) is 11.3. The monoisotopic (exact) mass is 268 g/mol. The molecule has 2 unspecified atom stereocenters. The van der Waals surface area contributed by atoms with Crippen molar-refractivity contribution in [2.45, 2.75) is 32.1 Å². The second-order valence-corrected chi connectivity index (χ2v) is 5.29. The molecule has 0 radical (unpaired) electrons. The number of carboxylic acids is 1.